The maximum absolute atomic E-state index is 12.1. The lowest BCUT2D eigenvalue weighted by Gasteiger charge is -2.32. The predicted octanol–water partition coefficient (Wildman–Crippen LogP) is 1.33. The fourth-order valence-corrected chi connectivity index (χ4v) is 3.73. The summed E-state index contributed by atoms with van der Waals surface area (Å²) in [5.74, 6) is 0.447. The highest BCUT2D eigenvalue weighted by Crippen LogP contribution is 2.18. The molecule has 0 spiro atoms. The Balaban J connectivity index is 2.39. The quantitative estimate of drug-likeness (QED) is 0.630. The Kier molecular flexibility index (Phi) is 7.90. The number of hydrogen-bond donors (Lipinski definition) is 2. The van der Waals surface area contributed by atoms with E-state index in [2.05, 4.69) is 23.9 Å². The van der Waals surface area contributed by atoms with Crippen molar-refractivity contribution in [1.29, 1.82) is 0 Å². The van der Waals surface area contributed by atoms with Gasteiger partial charge in [0.25, 0.3) is 10.2 Å². The van der Waals surface area contributed by atoms with Gasteiger partial charge in [-0.1, -0.05) is 20.3 Å². The number of hydrogen-bond acceptors (Lipinski definition) is 3. The Morgan fingerprint density at radius 3 is 2.68 bits per heavy atom. The monoisotopic (exact) mass is 291 g/mol. The van der Waals surface area contributed by atoms with Gasteiger partial charge in [-0.3, -0.25) is 0 Å². The van der Waals surface area contributed by atoms with E-state index >= 15 is 0 Å². The fraction of sp³-hybridized carbons (Fsp3) is 1.00. The summed E-state index contributed by atoms with van der Waals surface area (Å²) in [7, 11) is -3.26. The summed E-state index contributed by atoms with van der Waals surface area (Å²) in [5.41, 5.74) is 0. The molecule has 1 heterocycles. The second kappa shape index (κ2) is 8.89. The summed E-state index contributed by atoms with van der Waals surface area (Å²) in [6, 6.07) is 0. The van der Waals surface area contributed by atoms with Crippen molar-refractivity contribution in [3.05, 3.63) is 0 Å². The first-order chi connectivity index (χ1) is 9.10. The van der Waals surface area contributed by atoms with Crippen LogP contribution < -0.4 is 10.0 Å². The van der Waals surface area contributed by atoms with Gasteiger partial charge in [0.05, 0.1) is 0 Å². The lowest BCUT2D eigenvalue weighted by atomic mass is 10.00. The van der Waals surface area contributed by atoms with Gasteiger partial charge in [0.2, 0.25) is 0 Å². The van der Waals surface area contributed by atoms with E-state index in [1.54, 1.807) is 4.31 Å². The highest BCUT2D eigenvalue weighted by Gasteiger charge is 2.28. The number of unbranched alkanes of at least 4 members (excludes halogenated alkanes) is 1. The van der Waals surface area contributed by atoms with Crippen LogP contribution in [0, 0.1) is 5.92 Å². The molecular formula is C13H29N3O2S. The zero-order valence-corrected chi connectivity index (χ0v) is 13.1. The molecule has 19 heavy (non-hydrogen) atoms. The van der Waals surface area contributed by atoms with Gasteiger partial charge in [0, 0.05) is 19.6 Å². The average Bonchev–Trinajstić information content (AvgIpc) is 2.40. The van der Waals surface area contributed by atoms with E-state index in [4.69, 9.17) is 0 Å². The molecule has 5 nitrogen and oxygen atoms in total. The van der Waals surface area contributed by atoms with E-state index in [9.17, 15) is 8.42 Å². The van der Waals surface area contributed by atoms with Crippen LogP contribution in [0.5, 0.6) is 0 Å². The Bertz CT molecular complexity index is 333. The Morgan fingerprint density at radius 1 is 1.21 bits per heavy atom. The van der Waals surface area contributed by atoms with Gasteiger partial charge in [0.15, 0.2) is 0 Å². The van der Waals surface area contributed by atoms with Crippen LogP contribution in [0.4, 0.5) is 0 Å². The predicted molar refractivity (Wildman–Crippen MR) is 79.3 cm³/mol. The van der Waals surface area contributed by atoms with E-state index in [0.717, 1.165) is 45.2 Å². The Labute approximate surface area is 118 Å². The highest BCUT2D eigenvalue weighted by molar-refractivity contribution is 7.87. The van der Waals surface area contributed by atoms with Crippen molar-refractivity contribution in [3.63, 3.8) is 0 Å². The molecule has 0 aliphatic carbocycles. The number of nitrogens with zero attached hydrogens (tertiary/aromatic N) is 1. The van der Waals surface area contributed by atoms with Gasteiger partial charge in [-0.2, -0.15) is 12.7 Å². The molecule has 1 aliphatic rings. The maximum atomic E-state index is 12.1. The fourth-order valence-electron chi connectivity index (χ4n) is 2.36. The van der Waals surface area contributed by atoms with Crippen molar-refractivity contribution < 1.29 is 8.42 Å². The van der Waals surface area contributed by atoms with Crippen LogP contribution in [-0.2, 0) is 10.2 Å². The van der Waals surface area contributed by atoms with Crippen molar-refractivity contribution in [3.8, 4) is 0 Å². The van der Waals surface area contributed by atoms with E-state index in [1.165, 1.54) is 0 Å². The number of nitrogens with one attached hydrogen (secondary N) is 2. The molecule has 1 atom stereocenters. The molecule has 1 unspecified atom stereocenters. The van der Waals surface area contributed by atoms with Crippen LogP contribution in [0.25, 0.3) is 0 Å². The maximum Gasteiger partial charge on any atom is 0.279 e. The van der Waals surface area contributed by atoms with Gasteiger partial charge in [0.1, 0.15) is 0 Å². The van der Waals surface area contributed by atoms with Crippen molar-refractivity contribution in [1.82, 2.24) is 14.3 Å². The van der Waals surface area contributed by atoms with Crippen molar-refractivity contribution in [2.24, 2.45) is 5.92 Å². The average molecular weight is 291 g/mol. The van der Waals surface area contributed by atoms with Crippen LogP contribution >= 0.6 is 0 Å². The second-order valence-corrected chi connectivity index (χ2v) is 7.08. The van der Waals surface area contributed by atoms with Crippen LogP contribution in [0.1, 0.15) is 46.0 Å². The van der Waals surface area contributed by atoms with Crippen molar-refractivity contribution >= 4 is 10.2 Å². The van der Waals surface area contributed by atoms with Crippen LogP contribution in [0.3, 0.4) is 0 Å². The molecule has 1 aliphatic heterocycles. The number of rotatable bonds is 9. The zero-order valence-electron chi connectivity index (χ0n) is 12.3. The van der Waals surface area contributed by atoms with Crippen molar-refractivity contribution in [2.75, 3.05) is 32.7 Å². The minimum atomic E-state index is -3.26. The van der Waals surface area contributed by atoms with E-state index in [0.29, 0.717) is 25.6 Å². The van der Waals surface area contributed by atoms with Gasteiger partial charge >= 0.3 is 0 Å². The zero-order chi connectivity index (χ0) is 14.1. The molecule has 0 amide bonds. The molecule has 2 N–H and O–H groups in total. The van der Waals surface area contributed by atoms with E-state index < -0.39 is 10.2 Å². The summed E-state index contributed by atoms with van der Waals surface area (Å²) in [6.45, 7) is 8.00. The van der Waals surface area contributed by atoms with Gasteiger partial charge in [-0.15, -0.1) is 0 Å². The van der Waals surface area contributed by atoms with Gasteiger partial charge in [-0.05, 0) is 44.7 Å². The smallest absolute Gasteiger partial charge is 0.279 e. The molecule has 6 heteroatoms. The Morgan fingerprint density at radius 2 is 2.00 bits per heavy atom. The summed E-state index contributed by atoms with van der Waals surface area (Å²) >= 11 is 0. The summed E-state index contributed by atoms with van der Waals surface area (Å²) in [6.07, 6.45) is 5.11. The van der Waals surface area contributed by atoms with Gasteiger partial charge in [-0.25, -0.2) is 4.72 Å². The first kappa shape index (κ1) is 16.9. The molecular weight excluding hydrogens is 262 g/mol. The molecule has 1 saturated heterocycles. The topological polar surface area (TPSA) is 61.4 Å². The molecule has 0 saturated carbocycles. The van der Waals surface area contributed by atoms with Crippen LogP contribution in [0.2, 0.25) is 0 Å². The van der Waals surface area contributed by atoms with E-state index in [-0.39, 0.29) is 0 Å². The van der Waals surface area contributed by atoms with Crippen LogP contribution in [-0.4, -0.2) is 45.4 Å². The normalized spacial score (nSPS) is 21.7. The standard InChI is InChI=1S/C13H29N3O2S/c1-3-5-9-15-19(17,18)16-10-6-7-13(12-16)11-14-8-4-2/h13-15H,3-12H2,1-2H3. The SMILES string of the molecule is CCCCNS(=O)(=O)N1CCCC(CNCCC)C1. The molecule has 0 aromatic carbocycles. The second-order valence-electron chi connectivity index (χ2n) is 5.32. The summed E-state index contributed by atoms with van der Waals surface area (Å²) in [4.78, 5) is 0. The third-order valence-electron chi connectivity index (χ3n) is 3.50. The van der Waals surface area contributed by atoms with Crippen molar-refractivity contribution in [2.45, 2.75) is 46.0 Å². The first-order valence-corrected chi connectivity index (χ1v) is 8.99. The van der Waals surface area contributed by atoms with E-state index in [1.807, 2.05) is 0 Å². The lowest BCUT2D eigenvalue weighted by Crippen LogP contribution is -2.47. The first-order valence-electron chi connectivity index (χ1n) is 7.55. The molecule has 0 aromatic heterocycles. The molecule has 0 bridgehead atoms. The number of piperidine rings is 1. The third-order valence-corrected chi connectivity index (χ3v) is 5.08. The molecule has 1 fully saturated rings. The largest absolute Gasteiger partial charge is 0.316 e. The third kappa shape index (κ3) is 6.21. The summed E-state index contributed by atoms with van der Waals surface area (Å²) < 4.78 is 28.6. The summed E-state index contributed by atoms with van der Waals surface area (Å²) in [5, 5.41) is 3.39. The highest BCUT2D eigenvalue weighted by atomic mass is 32.2. The minimum absolute atomic E-state index is 0.447. The minimum Gasteiger partial charge on any atom is -0.316 e. The van der Waals surface area contributed by atoms with Crippen LogP contribution in [0.15, 0.2) is 0 Å². The molecule has 0 radical (unpaired) electrons. The van der Waals surface area contributed by atoms with Gasteiger partial charge < -0.3 is 5.32 Å². The molecule has 114 valence electrons. The lowest BCUT2D eigenvalue weighted by molar-refractivity contribution is 0.258. The Hall–Kier alpha value is -0.170. The molecule has 0 aromatic rings. The molecule has 1 rings (SSSR count).